The first kappa shape index (κ1) is 22.4. The van der Waals surface area contributed by atoms with Crippen LogP contribution in [0, 0.1) is 5.82 Å². The summed E-state index contributed by atoms with van der Waals surface area (Å²) in [6.45, 7) is -1.59. The number of halogens is 3. The van der Waals surface area contributed by atoms with E-state index in [0.717, 1.165) is 9.95 Å². The summed E-state index contributed by atoms with van der Waals surface area (Å²) < 4.78 is 50.2. The Labute approximate surface area is 204 Å². The van der Waals surface area contributed by atoms with Crippen molar-refractivity contribution in [3.05, 3.63) is 66.5 Å². The summed E-state index contributed by atoms with van der Waals surface area (Å²) in [6.07, 6.45) is 1.18. The minimum absolute atomic E-state index is 0.105. The number of imidazole rings is 1. The molecule has 6 rings (SSSR count). The number of hydrogen-bond acceptors (Lipinski definition) is 5. The third-order valence-corrected chi connectivity index (χ3v) is 6.54. The number of para-hydroxylation sites is 2. The Morgan fingerprint density at radius 3 is 2.56 bits per heavy atom. The highest BCUT2D eigenvalue weighted by molar-refractivity contribution is 5.91. The molecule has 0 bridgehead atoms. The number of fused-ring (bicyclic) bond motifs is 2. The molecule has 0 amide bonds. The number of benzene rings is 2. The predicted octanol–water partition coefficient (Wildman–Crippen LogP) is 5.57. The highest BCUT2D eigenvalue weighted by atomic mass is 19.3. The van der Waals surface area contributed by atoms with Gasteiger partial charge in [0, 0.05) is 50.0 Å². The van der Waals surface area contributed by atoms with E-state index in [4.69, 9.17) is 4.74 Å². The van der Waals surface area contributed by atoms with Crippen LogP contribution in [0.1, 0.15) is 19.4 Å². The zero-order chi connectivity index (χ0) is 24.8. The molecule has 0 saturated carbocycles. The Morgan fingerprint density at radius 2 is 1.78 bits per heavy atom. The highest BCUT2D eigenvalue weighted by Gasteiger charge is 2.27. The molecule has 2 aromatic carbocycles. The van der Waals surface area contributed by atoms with Gasteiger partial charge in [0.25, 0.3) is 0 Å². The SMILES string of the molecule is Cn1nc(-c2cccc(F)c2)c2ccc(OC3CCN(c4nc5ccccc5n4C(F)F)CC3)nc21. The first-order valence-electron chi connectivity index (χ1n) is 11.7. The average molecular weight is 493 g/mol. The van der Waals surface area contributed by atoms with Crippen LogP contribution in [0.5, 0.6) is 5.88 Å². The Balaban J connectivity index is 1.19. The van der Waals surface area contributed by atoms with Gasteiger partial charge < -0.3 is 9.64 Å². The van der Waals surface area contributed by atoms with Crippen LogP contribution in [0.15, 0.2) is 60.7 Å². The van der Waals surface area contributed by atoms with Gasteiger partial charge >= 0.3 is 6.55 Å². The molecular formula is C26H23F3N6O. The van der Waals surface area contributed by atoms with Gasteiger partial charge in [0.1, 0.15) is 17.6 Å². The largest absolute Gasteiger partial charge is 0.474 e. The van der Waals surface area contributed by atoms with E-state index >= 15 is 0 Å². The second kappa shape index (κ2) is 8.85. The number of rotatable bonds is 5. The van der Waals surface area contributed by atoms with Crippen molar-refractivity contribution in [1.82, 2.24) is 24.3 Å². The monoisotopic (exact) mass is 492 g/mol. The van der Waals surface area contributed by atoms with Crippen LogP contribution in [0.25, 0.3) is 33.3 Å². The molecule has 5 aromatic rings. The molecule has 36 heavy (non-hydrogen) atoms. The van der Waals surface area contributed by atoms with Crippen LogP contribution in [-0.4, -0.2) is 43.5 Å². The Morgan fingerprint density at radius 1 is 0.972 bits per heavy atom. The molecule has 1 saturated heterocycles. The first-order valence-corrected chi connectivity index (χ1v) is 11.7. The van der Waals surface area contributed by atoms with Gasteiger partial charge in [0.15, 0.2) is 5.65 Å². The fourth-order valence-electron chi connectivity index (χ4n) is 4.82. The summed E-state index contributed by atoms with van der Waals surface area (Å²) in [4.78, 5) is 11.0. The van der Waals surface area contributed by atoms with Gasteiger partial charge in [-0.1, -0.05) is 24.3 Å². The summed E-state index contributed by atoms with van der Waals surface area (Å²) in [5.41, 5.74) is 2.94. The van der Waals surface area contributed by atoms with Crippen LogP contribution in [-0.2, 0) is 7.05 Å². The van der Waals surface area contributed by atoms with E-state index in [0.29, 0.717) is 59.7 Å². The van der Waals surface area contributed by atoms with Gasteiger partial charge in [-0.05, 0) is 30.3 Å². The van der Waals surface area contributed by atoms with Gasteiger partial charge in [-0.25, -0.2) is 14.1 Å². The summed E-state index contributed by atoms with van der Waals surface area (Å²) >= 11 is 0. The zero-order valence-electron chi connectivity index (χ0n) is 19.5. The lowest BCUT2D eigenvalue weighted by Crippen LogP contribution is -2.39. The van der Waals surface area contributed by atoms with Crippen molar-refractivity contribution >= 4 is 28.0 Å². The van der Waals surface area contributed by atoms with Crippen molar-refractivity contribution in [1.29, 1.82) is 0 Å². The van der Waals surface area contributed by atoms with Gasteiger partial charge in [-0.2, -0.15) is 18.9 Å². The van der Waals surface area contributed by atoms with Crippen LogP contribution >= 0.6 is 0 Å². The maximum absolute atomic E-state index is 13.8. The average Bonchev–Trinajstić information content (AvgIpc) is 3.43. The van der Waals surface area contributed by atoms with E-state index in [1.807, 2.05) is 17.0 Å². The third kappa shape index (κ3) is 3.92. The van der Waals surface area contributed by atoms with Crippen molar-refractivity contribution in [3.8, 4) is 17.1 Å². The quantitative estimate of drug-likeness (QED) is 0.321. The molecule has 0 spiro atoms. The summed E-state index contributed by atoms with van der Waals surface area (Å²) in [6, 6.07) is 16.9. The topological polar surface area (TPSA) is 61.0 Å². The van der Waals surface area contributed by atoms with E-state index < -0.39 is 6.55 Å². The Kier molecular flexibility index (Phi) is 5.50. The van der Waals surface area contributed by atoms with Gasteiger partial charge in [-0.15, -0.1) is 0 Å². The van der Waals surface area contributed by atoms with Crippen molar-refractivity contribution in [2.75, 3.05) is 18.0 Å². The predicted molar refractivity (Wildman–Crippen MR) is 131 cm³/mol. The van der Waals surface area contributed by atoms with Crippen LogP contribution in [0.4, 0.5) is 19.1 Å². The number of piperidine rings is 1. The summed E-state index contributed by atoms with van der Waals surface area (Å²) in [5, 5.41) is 5.33. The maximum Gasteiger partial charge on any atom is 0.321 e. The van der Waals surface area contributed by atoms with E-state index in [2.05, 4.69) is 15.1 Å². The number of aryl methyl sites for hydroxylation is 1. The first-order chi connectivity index (χ1) is 17.5. The molecule has 10 heteroatoms. The summed E-state index contributed by atoms with van der Waals surface area (Å²) in [7, 11) is 1.79. The van der Waals surface area contributed by atoms with Gasteiger partial charge in [0.05, 0.1) is 11.0 Å². The molecule has 184 valence electrons. The lowest BCUT2D eigenvalue weighted by atomic mass is 10.1. The second-order valence-corrected chi connectivity index (χ2v) is 8.86. The van der Waals surface area contributed by atoms with E-state index in [9.17, 15) is 13.2 Å². The minimum Gasteiger partial charge on any atom is -0.474 e. The molecule has 0 atom stereocenters. The Hall–Kier alpha value is -4.08. The number of anilines is 1. The van der Waals surface area contributed by atoms with Gasteiger partial charge in [0.2, 0.25) is 11.8 Å². The van der Waals surface area contributed by atoms with Crippen molar-refractivity contribution in [2.45, 2.75) is 25.5 Å². The van der Waals surface area contributed by atoms with Crippen LogP contribution in [0.3, 0.4) is 0 Å². The molecule has 4 heterocycles. The van der Waals surface area contributed by atoms with Crippen molar-refractivity contribution in [2.24, 2.45) is 7.05 Å². The Bertz CT molecular complexity index is 1550. The molecule has 3 aromatic heterocycles. The standard InChI is InChI=1S/C26H23F3N6O/c1-33-24-19(23(32-33)16-5-4-6-17(27)15-16)9-10-22(31-24)36-18-11-13-34(14-12-18)26-30-20-7-2-3-8-21(20)35(26)25(28)29/h2-10,15,18,25H,11-14H2,1H3. The minimum atomic E-state index is -2.67. The molecular weight excluding hydrogens is 469 g/mol. The van der Waals surface area contributed by atoms with E-state index in [1.165, 1.54) is 12.1 Å². The molecule has 1 aliphatic heterocycles. The van der Waals surface area contributed by atoms with Crippen LogP contribution < -0.4 is 9.64 Å². The lowest BCUT2D eigenvalue weighted by molar-refractivity contribution is 0.0752. The van der Waals surface area contributed by atoms with E-state index in [1.54, 1.807) is 48.1 Å². The van der Waals surface area contributed by atoms with Crippen molar-refractivity contribution in [3.63, 3.8) is 0 Å². The molecule has 1 fully saturated rings. The molecule has 1 aliphatic rings. The number of pyridine rings is 1. The molecule has 7 nitrogen and oxygen atoms in total. The number of nitrogens with zero attached hydrogens (tertiary/aromatic N) is 6. The second-order valence-electron chi connectivity index (χ2n) is 8.86. The fraction of sp³-hybridized carbons (Fsp3) is 0.269. The maximum atomic E-state index is 13.8. The molecule has 0 radical (unpaired) electrons. The molecule has 0 N–H and O–H groups in total. The third-order valence-electron chi connectivity index (χ3n) is 6.54. The number of alkyl halides is 2. The van der Waals surface area contributed by atoms with Crippen LogP contribution in [0.2, 0.25) is 0 Å². The number of hydrogen-bond donors (Lipinski definition) is 0. The lowest BCUT2D eigenvalue weighted by Gasteiger charge is -2.32. The summed E-state index contributed by atoms with van der Waals surface area (Å²) in [5.74, 6) is 0.424. The zero-order valence-corrected chi connectivity index (χ0v) is 19.5. The van der Waals surface area contributed by atoms with Gasteiger partial charge in [-0.3, -0.25) is 4.57 Å². The highest BCUT2D eigenvalue weighted by Crippen LogP contribution is 2.32. The molecule has 0 unspecified atom stereocenters. The number of ether oxygens (including phenoxy) is 1. The smallest absolute Gasteiger partial charge is 0.321 e. The van der Waals surface area contributed by atoms with E-state index in [-0.39, 0.29) is 17.9 Å². The fourth-order valence-corrected chi connectivity index (χ4v) is 4.82. The molecule has 0 aliphatic carbocycles. The normalized spacial score (nSPS) is 14.9. The van der Waals surface area contributed by atoms with Crippen molar-refractivity contribution < 1.29 is 17.9 Å². The number of aromatic nitrogens is 5.